The summed E-state index contributed by atoms with van der Waals surface area (Å²) in [4.78, 5) is 31.6. The highest BCUT2D eigenvalue weighted by molar-refractivity contribution is 6.02. The summed E-state index contributed by atoms with van der Waals surface area (Å²) in [6.45, 7) is 2.04. The van der Waals surface area contributed by atoms with Crippen molar-refractivity contribution in [3.05, 3.63) is 77.9 Å². The van der Waals surface area contributed by atoms with Crippen LogP contribution in [-0.4, -0.2) is 72.1 Å². The summed E-state index contributed by atoms with van der Waals surface area (Å²) in [6.07, 6.45) is 0. The first-order valence-electron chi connectivity index (χ1n) is 11.6. The van der Waals surface area contributed by atoms with Gasteiger partial charge < -0.3 is 20.4 Å². The number of H-pyrrole nitrogens is 1. The number of piperazine rings is 1. The van der Waals surface area contributed by atoms with Crippen LogP contribution < -0.4 is 10.6 Å². The maximum absolute atomic E-state index is 13.1. The molecule has 1 aliphatic rings. The molecule has 0 atom stereocenters. The number of nitrogens with two attached hydrogens (primary N) is 1. The topological polar surface area (TPSA) is 98.6 Å². The molecule has 1 aromatic heterocycles. The van der Waals surface area contributed by atoms with E-state index < -0.39 is 0 Å². The Hall–Kier alpha value is -4.33. The van der Waals surface area contributed by atoms with E-state index in [1.807, 2.05) is 95.5 Å². The molecule has 8 nitrogen and oxygen atoms in total. The van der Waals surface area contributed by atoms with Crippen LogP contribution in [-0.2, 0) is 0 Å². The number of carbonyl (C=O) groups is 2. The lowest BCUT2D eigenvalue weighted by molar-refractivity contribution is 0.0535. The van der Waals surface area contributed by atoms with Crippen molar-refractivity contribution in [2.24, 2.45) is 0 Å². The number of nitrogens with one attached hydrogen (secondary N) is 1. The molecule has 1 fully saturated rings. The van der Waals surface area contributed by atoms with Crippen molar-refractivity contribution in [1.82, 2.24) is 20.0 Å². The fourth-order valence-electron chi connectivity index (χ4n) is 4.51. The second-order valence-electron chi connectivity index (χ2n) is 8.94. The molecule has 1 aliphatic heterocycles. The first kappa shape index (κ1) is 22.5. The zero-order valence-corrected chi connectivity index (χ0v) is 19.9. The highest BCUT2D eigenvalue weighted by Gasteiger charge is 2.25. The number of fused-ring (bicyclic) bond motifs is 1. The Kier molecular flexibility index (Phi) is 5.86. The first-order chi connectivity index (χ1) is 16.9. The molecule has 0 radical (unpaired) electrons. The largest absolute Gasteiger partial charge is 0.382 e. The van der Waals surface area contributed by atoms with Crippen LogP contribution in [0.25, 0.3) is 22.0 Å². The Bertz CT molecular complexity index is 1370. The van der Waals surface area contributed by atoms with Gasteiger partial charge in [-0.15, -0.1) is 0 Å². The standard InChI is InChI=1S/C27H28N6O2/c1-31(2)21-12-10-20(11-13-21)27(35)33-16-14-32(15-17-33)26(34)19-8-6-18(7-9-19)22-4-3-5-23-24(22)25(28)30-29-23/h3-13H,14-17H2,1-2H3,(H3,28,29,30). The molecule has 0 unspecified atom stereocenters. The van der Waals surface area contributed by atoms with Crippen molar-refractivity contribution in [2.75, 3.05) is 50.9 Å². The van der Waals surface area contributed by atoms with Gasteiger partial charge in [0.1, 0.15) is 0 Å². The Labute approximate surface area is 203 Å². The molecule has 2 heterocycles. The molecule has 0 saturated carbocycles. The Morgan fingerprint density at radius 1 is 0.829 bits per heavy atom. The van der Waals surface area contributed by atoms with E-state index in [-0.39, 0.29) is 11.8 Å². The maximum Gasteiger partial charge on any atom is 0.253 e. The number of anilines is 2. The van der Waals surface area contributed by atoms with Gasteiger partial charge in [0.05, 0.1) is 10.9 Å². The molecule has 0 bridgehead atoms. The number of hydrogen-bond acceptors (Lipinski definition) is 5. The molecule has 4 aromatic rings. The number of nitrogens with zero attached hydrogens (tertiary/aromatic N) is 4. The van der Waals surface area contributed by atoms with Crippen molar-refractivity contribution in [1.29, 1.82) is 0 Å². The predicted octanol–water partition coefficient (Wildman–Crippen LogP) is 3.48. The van der Waals surface area contributed by atoms with Crippen LogP contribution >= 0.6 is 0 Å². The summed E-state index contributed by atoms with van der Waals surface area (Å²) in [5.41, 5.74) is 11.2. The number of amides is 2. The van der Waals surface area contributed by atoms with Gasteiger partial charge in [0.15, 0.2) is 5.82 Å². The summed E-state index contributed by atoms with van der Waals surface area (Å²) in [5, 5.41) is 7.91. The number of nitrogen functional groups attached to an aromatic ring is 1. The molecule has 3 aromatic carbocycles. The lowest BCUT2D eigenvalue weighted by atomic mass is 10.00. The van der Waals surface area contributed by atoms with Crippen molar-refractivity contribution < 1.29 is 9.59 Å². The lowest BCUT2D eigenvalue weighted by Crippen LogP contribution is -2.50. The molecule has 3 N–H and O–H groups in total. The maximum atomic E-state index is 13.1. The highest BCUT2D eigenvalue weighted by atomic mass is 16.2. The van der Waals surface area contributed by atoms with Gasteiger partial charge in [-0.2, -0.15) is 5.10 Å². The minimum Gasteiger partial charge on any atom is -0.382 e. The third kappa shape index (κ3) is 4.30. The summed E-state index contributed by atoms with van der Waals surface area (Å²) >= 11 is 0. The van der Waals surface area contributed by atoms with E-state index in [0.717, 1.165) is 27.7 Å². The minimum atomic E-state index is -0.0278. The van der Waals surface area contributed by atoms with Gasteiger partial charge in [0.25, 0.3) is 11.8 Å². The Morgan fingerprint density at radius 3 is 1.91 bits per heavy atom. The smallest absolute Gasteiger partial charge is 0.253 e. The molecule has 1 saturated heterocycles. The summed E-state index contributed by atoms with van der Waals surface area (Å²) < 4.78 is 0. The zero-order chi connectivity index (χ0) is 24.5. The van der Waals surface area contributed by atoms with Gasteiger partial charge in [-0.05, 0) is 53.6 Å². The molecule has 178 valence electrons. The van der Waals surface area contributed by atoms with Gasteiger partial charge in [-0.3, -0.25) is 14.7 Å². The zero-order valence-electron chi connectivity index (χ0n) is 19.9. The van der Waals surface area contributed by atoms with Crippen LogP contribution in [0, 0.1) is 0 Å². The third-order valence-corrected chi connectivity index (χ3v) is 6.55. The number of aromatic amines is 1. The number of benzene rings is 3. The monoisotopic (exact) mass is 468 g/mol. The molecule has 35 heavy (non-hydrogen) atoms. The van der Waals surface area contributed by atoms with Crippen LogP contribution in [0.1, 0.15) is 20.7 Å². The highest BCUT2D eigenvalue weighted by Crippen LogP contribution is 2.31. The van der Waals surface area contributed by atoms with E-state index in [4.69, 9.17) is 5.73 Å². The Balaban J connectivity index is 1.24. The molecule has 0 aliphatic carbocycles. The lowest BCUT2D eigenvalue weighted by Gasteiger charge is -2.35. The van der Waals surface area contributed by atoms with Gasteiger partial charge in [-0.1, -0.05) is 24.3 Å². The van der Waals surface area contributed by atoms with Crippen LogP contribution in [0.3, 0.4) is 0 Å². The van der Waals surface area contributed by atoms with Crippen molar-refractivity contribution in [2.45, 2.75) is 0 Å². The normalized spacial score (nSPS) is 13.8. The van der Waals surface area contributed by atoms with E-state index in [0.29, 0.717) is 43.1 Å². The third-order valence-electron chi connectivity index (χ3n) is 6.55. The molecule has 0 spiro atoms. The SMILES string of the molecule is CN(C)c1ccc(C(=O)N2CCN(C(=O)c3ccc(-c4cccc5[nH]nc(N)c45)cc3)CC2)cc1. The van der Waals surface area contributed by atoms with Gasteiger partial charge in [-0.25, -0.2) is 0 Å². The fraction of sp³-hybridized carbons (Fsp3) is 0.222. The average molecular weight is 469 g/mol. The second kappa shape index (κ2) is 9.13. The second-order valence-corrected chi connectivity index (χ2v) is 8.94. The number of carbonyl (C=O) groups excluding carboxylic acids is 2. The van der Waals surface area contributed by atoms with Crippen molar-refractivity contribution in [3.63, 3.8) is 0 Å². The number of aromatic nitrogens is 2. The minimum absolute atomic E-state index is 0.000506. The van der Waals surface area contributed by atoms with E-state index in [2.05, 4.69) is 10.2 Å². The van der Waals surface area contributed by atoms with Gasteiger partial charge in [0.2, 0.25) is 0 Å². The van der Waals surface area contributed by atoms with Gasteiger partial charge in [0, 0.05) is 57.1 Å². The quantitative estimate of drug-likeness (QED) is 0.478. The van der Waals surface area contributed by atoms with E-state index in [1.165, 1.54) is 0 Å². The van der Waals surface area contributed by atoms with Crippen molar-refractivity contribution in [3.8, 4) is 11.1 Å². The Morgan fingerprint density at radius 2 is 1.37 bits per heavy atom. The van der Waals surface area contributed by atoms with Gasteiger partial charge >= 0.3 is 0 Å². The predicted molar refractivity (Wildman–Crippen MR) is 139 cm³/mol. The van der Waals surface area contributed by atoms with Crippen LogP contribution in [0.4, 0.5) is 11.5 Å². The first-order valence-corrected chi connectivity index (χ1v) is 11.6. The fourth-order valence-corrected chi connectivity index (χ4v) is 4.51. The summed E-state index contributed by atoms with van der Waals surface area (Å²) in [5.74, 6) is 0.427. The van der Waals surface area contributed by atoms with Crippen LogP contribution in [0.15, 0.2) is 66.7 Å². The molecule has 2 amide bonds. The van der Waals surface area contributed by atoms with Crippen molar-refractivity contribution >= 4 is 34.2 Å². The number of hydrogen-bond donors (Lipinski definition) is 2. The molecular formula is C27H28N6O2. The number of rotatable bonds is 4. The molecular weight excluding hydrogens is 440 g/mol. The van der Waals surface area contributed by atoms with E-state index >= 15 is 0 Å². The summed E-state index contributed by atoms with van der Waals surface area (Å²) in [6, 6.07) is 21.0. The van der Waals surface area contributed by atoms with E-state index in [1.54, 1.807) is 0 Å². The van der Waals surface area contributed by atoms with Crippen LogP contribution in [0.2, 0.25) is 0 Å². The average Bonchev–Trinajstić information content (AvgIpc) is 3.29. The van der Waals surface area contributed by atoms with E-state index in [9.17, 15) is 9.59 Å². The molecule has 5 rings (SSSR count). The summed E-state index contributed by atoms with van der Waals surface area (Å²) in [7, 11) is 3.94. The molecule has 8 heteroatoms. The van der Waals surface area contributed by atoms with Crippen LogP contribution in [0.5, 0.6) is 0 Å².